The molecular formula is C15H33NO2. The van der Waals surface area contributed by atoms with Crippen LogP contribution in [0.25, 0.3) is 0 Å². The number of carbonyl (C=O) groups excluding carboxylic acids is 1. The second-order valence-corrected chi connectivity index (χ2v) is 5.30. The van der Waals surface area contributed by atoms with Gasteiger partial charge in [-0.25, -0.2) is 0 Å². The fourth-order valence-corrected chi connectivity index (χ4v) is 1.60. The molecule has 0 heterocycles. The maximum Gasteiger partial charge on any atom is 0.222 e. The molecule has 0 fully saturated rings. The fourth-order valence-electron chi connectivity index (χ4n) is 1.60. The summed E-state index contributed by atoms with van der Waals surface area (Å²) < 4.78 is 5.07. The first-order valence-corrected chi connectivity index (χ1v) is 7.19. The SMILES string of the molecule is CCC.CCN(CC(C)COC)C(=O)CC(C)C. The average molecular weight is 259 g/mol. The molecule has 0 aliphatic carbocycles. The molecule has 3 heteroatoms. The van der Waals surface area contributed by atoms with Crippen molar-refractivity contribution in [2.75, 3.05) is 26.8 Å². The normalized spacial score (nSPS) is 11.8. The third kappa shape index (κ3) is 11.9. The van der Waals surface area contributed by atoms with Gasteiger partial charge in [-0.2, -0.15) is 0 Å². The van der Waals surface area contributed by atoms with Crippen LogP contribution in [-0.2, 0) is 9.53 Å². The molecule has 0 aromatic rings. The van der Waals surface area contributed by atoms with E-state index >= 15 is 0 Å². The summed E-state index contributed by atoms with van der Waals surface area (Å²) >= 11 is 0. The lowest BCUT2D eigenvalue weighted by Crippen LogP contribution is -2.36. The quantitative estimate of drug-likeness (QED) is 0.699. The van der Waals surface area contributed by atoms with Crippen molar-refractivity contribution < 1.29 is 9.53 Å². The third-order valence-electron chi connectivity index (χ3n) is 2.30. The van der Waals surface area contributed by atoms with Crippen molar-refractivity contribution >= 4 is 5.91 Å². The standard InChI is InChI=1S/C12H25NO2.C3H8/c1-6-13(8-11(4)9-15-5)12(14)7-10(2)3;1-3-2/h10-11H,6-9H2,1-5H3;3H2,1-2H3. The van der Waals surface area contributed by atoms with E-state index in [0.29, 0.717) is 24.9 Å². The van der Waals surface area contributed by atoms with Crippen LogP contribution in [0.5, 0.6) is 0 Å². The van der Waals surface area contributed by atoms with E-state index in [4.69, 9.17) is 4.74 Å². The second kappa shape index (κ2) is 12.9. The van der Waals surface area contributed by atoms with Gasteiger partial charge in [-0.3, -0.25) is 4.79 Å². The van der Waals surface area contributed by atoms with Crippen molar-refractivity contribution in [1.82, 2.24) is 4.90 Å². The number of carbonyl (C=O) groups is 1. The first-order chi connectivity index (χ1) is 8.42. The van der Waals surface area contributed by atoms with Crippen molar-refractivity contribution in [3.63, 3.8) is 0 Å². The minimum Gasteiger partial charge on any atom is -0.384 e. The van der Waals surface area contributed by atoms with Gasteiger partial charge in [0.05, 0.1) is 6.61 Å². The van der Waals surface area contributed by atoms with E-state index in [9.17, 15) is 4.79 Å². The van der Waals surface area contributed by atoms with Crippen LogP contribution < -0.4 is 0 Å². The topological polar surface area (TPSA) is 29.5 Å². The Kier molecular flexibility index (Phi) is 14.1. The van der Waals surface area contributed by atoms with Crippen LogP contribution in [0.15, 0.2) is 0 Å². The summed E-state index contributed by atoms with van der Waals surface area (Å²) in [4.78, 5) is 13.7. The van der Waals surface area contributed by atoms with E-state index < -0.39 is 0 Å². The summed E-state index contributed by atoms with van der Waals surface area (Å²) in [7, 11) is 1.70. The maximum absolute atomic E-state index is 11.8. The average Bonchev–Trinajstić information content (AvgIpc) is 2.26. The highest BCUT2D eigenvalue weighted by Gasteiger charge is 2.15. The molecule has 0 radical (unpaired) electrons. The third-order valence-corrected chi connectivity index (χ3v) is 2.30. The smallest absolute Gasteiger partial charge is 0.222 e. The summed E-state index contributed by atoms with van der Waals surface area (Å²) in [5.41, 5.74) is 0. The predicted molar refractivity (Wildman–Crippen MR) is 78.7 cm³/mol. The molecule has 1 atom stereocenters. The Labute approximate surface area is 114 Å². The van der Waals surface area contributed by atoms with Crippen molar-refractivity contribution in [2.45, 2.75) is 54.4 Å². The number of nitrogens with zero attached hydrogens (tertiary/aromatic N) is 1. The number of hydrogen-bond donors (Lipinski definition) is 0. The van der Waals surface area contributed by atoms with Gasteiger partial charge in [0.15, 0.2) is 0 Å². The molecule has 0 aliphatic heterocycles. The van der Waals surface area contributed by atoms with E-state index in [1.807, 2.05) is 11.8 Å². The molecule has 110 valence electrons. The van der Waals surface area contributed by atoms with Gasteiger partial charge in [-0.05, 0) is 18.8 Å². The molecule has 3 nitrogen and oxygen atoms in total. The Hall–Kier alpha value is -0.570. The molecule has 0 aromatic carbocycles. The lowest BCUT2D eigenvalue weighted by atomic mass is 10.1. The van der Waals surface area contributed by atoms with Gasteiger partial charge < -0.3 is 9.64 Å². The van der Waals surface area contributed by atoms with E-state index in [1.54, 1.807) is 7.11 Å². The number of amides is 1. The number of rotatable bonds is 7. The molecule has 0 N–H and O–H groups in total. The van der Waals surface area contributed by atoms with E-state index in [1.165, 1.54) is 6.42 Å². The lowest BCUT2D eigenvalue weighted by Gasteiger charge is -2.25. The van der Waals surface area contributed by atoms with Gasteiger partial charge in [0.25, 0.3) is 0 Å². The second-order valence-electron chi connectivity index (χ2n) is 5.30. The van der Waals surface area contributed by atoms with Crippen molar-refractivity contribution in [3.8, 4) is 0 Å². The summed E-state index contributed by atoms with van der Waals surface area (Å²) in [5, 5.41) is 0. The molecule has 18 heavy (non-hydrogen) atoms. The molecule has 0 aliphatic rings. The number of ether oxygens (including phenoxy) is 1. The van der Waals surface area contributed by atoms with Crippen LogP contribution in [0.2, 0.25) is 0 Å². The fraction of sp³-hybridized carbons (Fsp3) is 0.933. The predicted octanol–water partition coefficient (Wildman–Crippen LogP) is 3.58. The molecule has 1 amide bonds. The molecule has 0 aromatic heterocycles. The molecule has 0 saturated carbocycles. The summed E-state index contributed by atoms with van der Waals surface area (Å²) in [6, 6.07) is 0. The molecule has 0 saturated heterocycles. The van der Waals surface area contributed by atoms with Crippen LogP contribution in [0.1, 0.15) is 54.4 Å². The molecule has 0 spiro atoms. The van der Waals surface area contributed by atoms with Crippen molar-refractivity contribution in [3.05, 3.63) is 0 Å². The lowest BCUT2D eigenvalue weighted by molar-refractivity contribution is -0.132. The Morgan fingerprint density at radius 3 is 2.00 bits per heavy atom. The number of hydrogen-bond acceptors (Lipinski definition) is 2. The Bertz CT molecular complexity index is 193. The highest BCUT2D eigenvalue weighted by atomic mass is 16.5. The minimum atomic E-state index is 0.260. The van der Waals surface area contributed by atoms with Gasteiger partial charge in [0, 0.05) is 26.6 Å². The van der Waals surface area contributed by atoms with Gasteiger partial charge in [-0.15, -0.1) is 0 Å². The first kappa shape index (κ1) is 19.8. The summed E-state index contributed by atoms with van der Waals surface area (Å²) in [6.45, 7) is 14.8. The highest BCUT2D eigenvalue weighted by molar-refractivity contribution is 5.76. The number of methoxy groups -OCH3 is 1. The van der Waals surface area contributed by atoms with Gasteiger partial charge in [0.2, 0.25) is 5.91 Å². The molecule has 0 bridgehead atoms. The van der Waals surface area contributed by atoms with Crippen LogP contribution in [0.4, 0.5) is 0 Å². The maximum atomic E-state index is 11.8. The minimum absolute atomic E-state index is 0.260. The summed E-state index contributed by atoms with van der Waals surface area (Å²) in [6.07, 6.45) is 1.90. The Morgan fingerprint density at radius 1 is 1.17 bits per heavy atom. The van der Waals surface area contributed by atoms with Crippen LogP contribution in [0, 0.1) is 11.8 Å². The zero-order valence-electron chi connectivity index (χ0n) is 13.5. The zero-order valence-corrected chi connectivity index (χ0v) is 13.5. The van der Waals surface area contributed by atoms with E-state index in [-0.39, 0.29) is 5.91 Å². The molecular weight excluding hydrogens is 226 g/mol. The highest BCUT2D eigenvalue weighted by Crippen LogP contribution is 2.07. The monoisotopic (exact) mass is 259 g/mol. The van der Waals surface area contributed by atoms with Gasteiger partial charge >= 0.3 is 0 Å². The Morgan fingerprint density at radius 2 is 1.67 bits per heavy atom. The van der Waals surface area contributed by atoms with Gasteiger partial charge in [-0.1, -0.05) is 41.0 Å². The van der Waals surface area contributed by atoms with Crippen molar-refractivity contribution in [1.29, 1.82) is 0 Å². The summed E-state index contributed by atoms with van der Waals surface area (Å²) in [5.74, 6) is 1.10. The Balaban J connectivity index is 0. The molecule has 0 rings (SSSR count). The molecule has 1 unspecified atom stereocenters. The van der Waals surface area contributed by atoms with Gasteiger partial charge in [0.1, 0.15) is 0 Å². The van der Waals surface area contributed by atoms with E-state index in [0.717, 1.165) is 13.1 Å². The van der Waals surface area contributed by atoms with Crippen LogP contribution >= 0.6 is 0 Å². The van der Waals surface area contributed by atoms with Crippen molar-refractivity contribution in [2.24, 2.45) is 11.8 Å². The van der Waals surface area contributed by atoms with Crippen LogP contribution in [-0.4, -0.2) is 37.6 Å². The largest absolute Gasteiger partial charge is 0.384 e. The zero-order chi connectivity index (χ0) is 14.6. The van der Waals surface area contributed by atoms with E-state index in [2.05, 4.69) is 34.6 Å². The first-order valence-electron chi connectivity index (χ1n) is 7.19. The van der Waals surface area contributed by atoms with Crippen LogP contribution in [0.3, 0.4) is 0 Å².